The largest absolute Gasteiger partial charge is 0.478 e. The molecule has 0 saturated carbocycles. The Hall–Kier alpha value is -3.88. The number of halogens is 1. The molecule has 0 aliphatic heterocycles. The molecule has 0 bridgehead atoms. The number of nitriles is 1. The Labute approximate surface area is 172 Å². The summed E-state index contributed by atoms with van der Waals surface area (Å²) in [6, 6.07) is 25.1. The van der Waals surface area contributed by atoms with Crippen molar-refractivity contribution in [3.05, 3.63) is 95.0 Å². The highest BCUT2D eigenvalue weighted by Crippen LogP contribution is 2.34. The summed E-state index contributed by atoms with van der Waals surface area (Å²) in [6.45, 7) is 0. The van der Waals surface area contributed by atoms with Crippen LogP contribution in [-0.4, -0.2) is 20.9 Å². The van der Waals surface area contributed by atoms with Crippen molar-refractivity contribution >= 4 is 17.6 Å². The molecule has 29 heavy (non-hydrogen) atoms. The van der Waals surface area contributed by atoms with Crippen LogP contribution in [0.25, 0.3) is 28.2 Å². The number of carboxylic acid groups (broad SMARTS) is 1. The summed E-state index contributed by atoms with van der Waals surface area (Å²) < 4.78 is 1.61. The van der Waals surface area contributed by atoms with Crippen LogP contribution >= 0.6 is 11.6 Å². The van der Waals surface area contributed by atoms with Crippen molar-refractivity contribution in [3.63, 3.8) is 0 Å². The van der Waals surface area contributed by atoms with Crippen LogP contribution in [0, 0.1) is 11.3 Å². The first kappa shape index (κ1) is 18.5. The fourth-order valence-corrected chi connectivity index (χ4v) is 3.28. The Morgan fingerprint density at radius 1 is 0.931 bits per heavy atom. The van der Waals surface area contributed by atoms with Crippen LogP contribution in [0.1, 0.15) is 15.9 Å². The Morgan fingerprint density at radius 2 is 1.59 bits per heavy atom. The van der Waals surface area contributed by atoms with Gasteiger partial charge in [-0.25, -0.2) is 9.48 Å². The molecule has 1 aromatic heterocycles. The lowest BCUT2D eigenvalue weighted by Crippen LogP contribution is -2.03. The van der Waals surface area contributed by atoms with E-state index in [-0.39, 0.29) is 5.56 Å². The molecule has 140 valence electrons. The van der Waals surface area contributed by atoms with Crippen LogP contribution in [0.5, 0.6) is 0 Å². The van der Waals surface area contributed by atoms with Gasteiger partial charge in [0, 0.05) is 16.1 Å². The Bertz CT molecular complexity index is 1220. The first-order valence-corrected chi connectivity index (χ1v) is 9.14. The lowest BCUT2D eigenvalue weighted by Gasteiger charge is -2.09. The maximum Gasteiger partial charge on any atom is 0.340 e. The van der Waals surface area contributed by atoms with E-state index in [2.05, 4.69) is 11.2 Å². The molecular formula is C23H14ClN3O2. The SMILES string of the molecule is N#Cc1ccc(-c2nn(-c3ccc(Cl)cc3)c(-c3ccccc3)c2C(=O)O)cc1. The van der Waals surface area contributed by atoms with Crippen LogP contribution < -0.4 is 0 Å². The van der Waals surface area contributed by atoms with Gasteiger partial charge in [0.15, 0.2) is 0 Å². The van der Waals surface area contributed by atoms with Gasteiger partial charge in [0.25, 0.3) is 0 Å². The zero-order chi connectivity index (χ0) is 20.4. The Balaban J connectivity index is 2.03. The third kappa shape index (κ3) is 3.49. The molecule has 5 nitrogen and oxygen atoms in total. The Kier molecular flexibility index (Phi) is 4.86. The first-order chi connectivity index (χ1) is 14.1. The number of aromatic carboxylic acids is 1. The number of nitrogens with zero attached hydrogens (tertiary/aromatic N) is 3. The minimum atomic E-state index is -1.08. The van der Waals surface area contributed by atoms with E-state index >= 15 is 0 Å². The van der Waals surface area contributed by atoms with Crippen molar-refractivity contribution in [1.82, 2.24) is 9.78 Å². The molecule has 6 heteroatoms. The molecule has 0 amide bonds. The average Bonchev–Trinajstić information content (AvgIpc) is 3.16. The highest BCUT2D eigenvalue weighted by Gasteiger charge is 2.26. The third-order valence-corrected chi connectivity index (χ3v) is 4.76. The monoisotopic (exact) mass is 399 g/mol. The van der Waals surface area contributed by atoms with Gasteiger partial charge in [0.05, 0.1) is 23.0 Å². The zero-order valence-corrected chi connectivity index (χ0v) is 15.8. The van der Waals surface area contributed by atoms with E-state index in [9.17, 15) is 9.90 Å². The van der Waals surface area contributed by atoms with Crippen LogP contribution in [0.3, 0.4) is 0 Å². The number of aromatic nitrogens is 2. The fourth-order valence-electron chi connectivity index (χ4n) is 3.16. The molecule has 0 spiro atoms. The third-order valence-electron chi connectivity index (χ3n) is 4.51. The summed E-state index contributed by atoms with van der Waals surface area (Å²) in [6.07, 6.45) is 0. The van der Waals surface area contributed by atoms with E-state index < -0.39 is 5.97 Å². The molecule has 4 aromatic rings. The highest BCUT2D eigenvalue weighted by molar-refractivity contribution is 6.30. The molecule has 0 aliphatic carbocycles. The molecular weight excluding hydrogens is 386 g/mol. The van der Waals surface area contributed by atoms with E-state index in [0.29, 0.717) is 33.2 Å². The normalized spacial score (nSPS) is 10.5. The van der Waals surface area contributed by atoms with Crippen molar-refractivity contribution in [2.45, 2.75) is 0 Å². The summed E-state index contributed by atoms with van der Waals surface area (Å²) in [5.41, 5.74) is 3.42. The summed E-state index contributed by atoms with van der Waals surface area (Å²) in [4.78, 5) is 12.3. The van der Waals surface area contributed by atoms with Gasteiger partial charge in [0.2, 0.25) is 0 Å². The van der Waals surface area contributed by atoms with Gasteiger partial charge < -0.3 is 5.11 Å². The predicted molar refractivity (Wildman–Crippen MR) is 111 cm³/mol. The van der Waals surface area contributed by atoms with E-state index in [1.165, 1.54) is 0 Å². The van der Waals surface area contributed by atoms with Crippen molar-refractivity contribution in [2.75, 3.05) is 0 Å². The lowest BCUT2D eigenvalue weighted by atomic mass is 10.0. The second-order valence-electron chi connectivity index (χ2n) is 6.32. The topological polar surface area (TPSA) is 78.9 Å². The molecule has 0 fully saturated rings. The maximum absolute atomic E-state index is 12.3. The maximum atomic E-state index is 12.3. The fraction of sp³-hybridized carbons (Fsp3) is 0. The summed E-state index contributed by atoms with van der Waals surface area (Å²) in [7, 11) is 0. The molecule has 0 atom stereocenters. The standard InChI is InChI=1S/C23H14ClN3O2/c24-18-10-12-19(13-11-18)27-22(17-4-2-1-3-5-17)20(23(28)29)21(26-27)16-8-6-15(14-25)7-9-16/h1-13H,(H,28,29). The van der Waals surface area contributed by atoms with Crippen LogP contribution in [0.4, 0.5) is 0 Å². The molecule has 1 heterocycles. The van der Waals surface area contributed by atoms with Crippen molar-refractivity contribution in [3.8, 4) is 34.3 Å². The second kappa shape index (κ2) is 7.63. The molecule has 1 N–H and O–H groups in total. The van der Waals surface area contributed by atoms with Crippen LogP contribution in [0.15, 0.2) is 78.9 Å². The smallest absolute Gasteiger partial charge is 0.340 e. The van der Waals surface area contributed by atoms with E-state index in [4.69, 9.17) is 16.9 Å². The molecule has 0 saturated heterocycles. The van der Waals surface area contributed by atoms with Crippen LogP contribution in [-0.2, 0) is 0 Å². The number of hydrogen-bond donors (Lipinski definition) is 1. The summed E-state index contributed by atoms with van der Waals surface area (Å²) >= 11 is 6.02. The van der Waals surface area contributed by atoms with Gasteiger partial charge in [-0.15, -0.1) is 0 Å². The lowest BCUT2D eigenvalue weighted by molar-refractivity contribution is 0.0698. The number of rotatable bonds is 4. The number of carboxylic acids is 1. The molecule has 3 aromatic carbocycles. The molecule has 0 aliphatic rings. The van der Waals surface area contributed by atoms with Gasteiger partial charge in [-0.1, -0.05) is 54.1 Å². The Morgan fingerprint density at radius 3 is 2.17 bits per heavy atom. The predicted octanol–water partition coefficient (Wildman–Crippen LogP) is 5.43. The zero-order valence-electron chi connectivity index (χ0n) is 15.1. The highest BCUT2D eigenvalue weighted by atomic mass is 35.5. The molecule has 4 rings (SSSR count). The quantitative estimate of drug-likeness (QED) is 0.496. The van der Waals surface area contributed by atoms with E-state index in [1.807, 2.05) is 30.3 Å². The van der Waals surface area contributed by atoms with Gasteiger partial charge in [-0.2, -0.15) is 10.4 Å². The number of benzene rings is 3. The minimum Gasteiger partial charge on any atom is -0.478 e. The van der Waals surface area contributed by atoms with E-state index in [0.717, 1.165) is 5.56 Å². The average molecular weight is 400 g/mol. The van der Waals surface area contributed by atoms with Crippen LogP contribution in [0.2, 0.25) is 5.02 Å². The van der Waals surface area contributed by atoms with Crippen molar-refractivity contribution in [2.24, 2.45) is 0 Å². The van der Waals surface area contributed by atoms with Gasteiger partial charge in [-0.05, 0) is 36.4 Å². The second-order valence-corrected chi connectivity index (χ2v) is 6.76. The minimum absolute atomic E-state index is 0.0934. The number of carbonyl (C=O) groups is 1. The molecule has 0 unspecified atom stereocenters. The number of hydrogen-bond acceptors (Lipinski definition) is 3. The summed E-state index contributed by atoms with van der Waals surface area (Å²) in [5.74, 6) is -1.08. The summed E-state index contributed by atoms with van der Waals surface area (Å²) in [5, 5.41) is 24.3. The van der Waals surface area contributed by atoms with Gasteiger partial charge in [0.1, 0.15) is 11.3 Å². The molecule has 0 radical (unpaired) electrons. The van der Waals surface area contributed by atoms with Gasteiger partial charge in [-0.3, -0.25) is 0 Å². The van der Waals surface area contributed by atoms with E-state index in [1.54, 1.807) is 53.2 Å². The van der Waals surface area contributed by atoms with Crippen molar-refractivity contribution < 1.29 is 9.90 Å². The van der Waals surface area contributed by atoms with Crippen molar-refractivity contribution in [1.29, 1.82) is 5.26 Å². The van der Waals surface area contributed by atoms with Gasteiger partial charge >= 0.3 is 5.97 Å². The first-order valence-electron chi connectivity index (χ1n) is 8.76.